The molecule has 4 heteroatoms. The molecule has 0 unspecified atom stereocenters. The number of para-hydroxylation sites is 1. The molecule has 0 bridgehead atoms. The smallest absolute Gasteiger partial charge is 0.310 e. The van der Waals surface area contributed by atoms with E-state index >= 15 is 0 Å². The summed E-state index contributed by atoms with van der Waals surface area (Å²) in [5, 5.41) is 1.31. The number of halogens is 1. The number of benzene rings is 1. The number of hydrogen-bond acceptors (Lipinski definition) is 2. The van der Waals surface area contributed by atoms with Gasteiger partial charge < -0.3 is 5.32 Å². The van der Waals surface area contributed by atoms with E-state index in [1.54, 1.807) is 30.3 Å². The number of nitrogens with one attached hydrogen (secondary N) is 1. The number of anilines is 1. The Balaban J connectivity index is 2.65. The van der Waals surface area contributed by atoms with E-state index in [1.165, 1.54) is 0 Å². The molecular weight excluding hydrogens is 178 g/mol. The SMILES string of the molecule is O=C(Cl)C(=O)Nc1ccccc1. The van der Waals surface area contributed by atoms with Crippen LogP contribution in [0.4, 0.5) is 5.69 Å². The first-order valence-electron chi connectivity index (χ1n) is 3.26. The van der Waals surface area contributed by atoms with Gasteiger partial charge in [-0.15, -0.1) is 0 Å². The molecule has 0 spiro atoms. The van der Waals surface area contributed by atoms with Crippen LogP contribution in [0.15, 0.2) is 30.3 Å². The number of rotatable bonds is 2. The summed E-state index contributed by atoms with van der Waals surface area (Å²) in [6.45, 7) is 0. The zero-order valence-corrected chi connectivity index (χ0v) is 6.84. The van der Waals surface area contributed by atoms with E-state index in [2.05, 4.69) is 5.32 Å². The first kappa shape index (κ1) is 8.74. The van der Waals surface area contributed by atoms with Gasteiger partial charge in [-0.3, -0.25) is 9.59 Å². The Bertz CT molecular complexity index is 297. The summed E-state index contributed by atoms with van der Waals surface area (Å²) >= 11 is 4.93. The largest absolute Gasteiger partial charge is 0.318 e. The van der Waals surface area contributed by atoms with Crippen LogP contribution in [0, 0.1) is 0 Å². The summed E-state index contributed by atoms with van der Waals surface area (Å²) < 4.78 is 0. The maximum Gasteiger partial charge on any atom is 0.310 e. The first-order chi connectivity index (χ1) is 5.70. The van der Waals surface area contributed by atoms with Gasteiger partial charge in [0.15, 0.2) is 0 Å². The highest BCUT2D eigenvalue weighted by Gasteiger charge is 2.08. The van der Waals surface area contributed by atoms with Crippen molar-refractivity contribution >= 4 is 28.4 Å². The fraction of sp³-hybridized carbons (Fsp3) is 0. The fourth-order valence-electron chi connectivity index (χ4n) is 0.702. The maximum absolute atomic E-state index is 10.7. The molecule has 0 aliphatic heterocycles. The lowest BCUT2D eigenvalue weighted by Gasteiger charge is -1.99. The molecule has 1 aromatic rings. The van der Waals surface area contributed by atoms with E-state index in [0.717, 1.165) is 0 Å². The van der Waals surface area contributed by atoms with Gasteiger partial charge in [0, 0.05) is 5.69 Å². The highest BCUT2D eigenvalue weighted by molar-refractivity contribution is 6.82. The number of hydrogen-bond donors (Lipinski definition) is 1. The average Bonchev–Trinajstić information content (AvgIpc) is 2.06. The summed E-state index contributed by atoms with van der Waals surface area (Å²) in [6.07, 6.45) is 0. The highest BCUT2D eigenvalue weighted by atomic mass is 35.5. The van der Waals surface area contributed by atoms with Gasteiger partial charge in [0.05, 0.1) is 0 Å². The zero-order valence-electron chi connectivity index (χ0n) is 6.08. The molecule has 1 rings (SSSR count). The van der Waals surface area contributed by atoms with Gasteiger partial charge in [-0.05, 0) is 23.7 Å². The van der Waals surface area contributed by atoms with Crippen LogP contribution in [0.5, 0.6) is 0 Å². The molecule has 0 heterocycles. The van der Waals surface area contributed by atoms with Crippen LogP contribution in [0.3, 0.4) is 0 Å². The van der Waals surface area contributed by atoms with Crippen molar-refractivity contribution in [2.75, 3.05) is 5.32 Å². The molecule has 62 valence electrons. The molecule has 0 radical (unpaired) electrons. The van der Waals surface area contributed by atoms with Crippen molar-refractivity contribution in [3.63, 3.8) is 0 Å². The van der Waals surface area contributed by atoms with Crippen LogP contribution < -0.4 is 5.32 Å². The minimum atomic E-state index is -1.01. The number of carbonyl (C=O) groups is 2. The summed E-state index contributed by atoms with van der Waals surface area (Å²) in [5.41, 5.74) is 0.552. The molecule has 3 nitrogen and oxygen atoms in total. The number of amides is 1. The van der Waals surface area contributed by atoms with Crippen LogP contribution in [0.25, 0.3) is 0 Å². The van der Waals surface area contributed by atoms with Crippen LogP contribution in [-0.4, -0.2) is 11.1 Å². The molecule has 0 aliphatic rings. The molecule has 0 saturated heterocycles. The molecule has 1 amide bonds. The lowest BCUT2D eigenvalue weighted by atomic mass is 10.3. The summed E-state index contributed by atoms with van der Waals surface area (Å²) in [6, 6.07) is 8.62. The van der Waals surface area contributed by atoms with Gasteiger partial charge in [0.25, 0.3) is 0 Å². The molecule has 0 aromatic heterocycles. The second-order valence-corrected chi connectivity index (χ2v) is 2.44. The third-order valence-electron chi connectivity index (χ3n) is 1.21. The van der Waals surface area contributed by atoms with E-state index in [1.807, 2.05) is 0 Å². The van der Waals surface area contributed by atoms with Crippen molar-refractivity contribution in [2.45, 2.75) is 0 Å². The van der Waals surface area contributed by atoms with Crippen molar-refractivity contribution in [1.29, 1.82) is 0 Å². The molecule has 0 saturated carbocycles. The molecular formula is C8H6ClNO2. The Kier molecular flexibility index (Phi) is 2.82. The number of carbonyl (C=O) groups excluding carboxylic acids is 2. The topological polar surface area (TPSA) is 46.2 Å². The van der Waals surface area contributed by atoms with Gasteiger partial charge in [-0.1, -0.05) is 18.2 Å². The lowest BCUT2D eigenvalue weighted by molar-refractivity contribution is -0.130. The summed E-state index contributed by atoms with van der Waals surface area (Å²) in [4.78, 5) is 21.0. The Morgan fingerprint density at radius 3 is 2.25 bits per heavy atom. The fourth-order valence-corrected chi connectivity index (χ4v) is 0.749. The van der Waals surface area contributed by atoms with Crippen LogP contribution in [-0.2, 0) is 9.59 Å². The van der Waals surface area contributed by atoms with Crippen molar-refractivity contribution in [1.82, 2.24) is 0 Å². The minimum absolute atomic E-state index is 0.552. The van der Waals surface area contributed by atoms with E-state index in [9.17, 15) is 9.59 Å². The maximum atomic E-state index is 10.7. The second kappa shape index (κ2) is 3.88. The van der Waals surface area contributed by atoms with Crippen LogP contribution >= 0.6 is 11.6 Å². The van der Waals surface area contributed by atoms with E-state index in [0.29, 0.717) is 5.69 Å². The quantitative estimate of drug-likeness (QED) is 0.556. The Morgan fingerprint density at radius 2 is 1.75 bits per heavy atom. The van der Waals surface area contributed by atoms with Crippen molar-refractivity contribution < 1.29 is 9.59 Å². The van der Waals surface area contributed by atoms with Gasteiger partial charge in [-0.25, -0.2) is 0 Å². The first-order valence-corrected chi connectivity index (χ1v) is 3.64. The Morgan fingerprint density at radius 1 is 1.17 bits per heavy atom. The third-order valence-corrected chi connectivity index (χ3v) is 1.38. The second-order valence-electron chi connectivity index (χ2n) is 2.09. The molecule has 0 aliphatic carbocycles. The molecule has 12 heavy (non-hydrogen) atoms. The normalized spacial score (nSPS) is 9.08. The lowest BCUT2D eigenvalue weighted by Crippen LogP contribution is -2.17. The average molecular weight is 184 g/mol. The summed E-state index contributed by atoms with van der Waals surface area (Å²) in [7, 11) is 0. The van der Waals surface area contributed by atoms with Crippen LogP contribution in [0.2, 0.25) is 0 Å². The summed E-state index contributed by atoms with van der Waals surface area (Å²) in [5.74, 6) is -0.817. The third kappa shape index (κ3) is 2.36. The predicted molar refractivity (Wildman–Crippen MR) is 45.9 cm³/mol. The van der Waals surface area contributed by atoms with Gasteiger partial charge >= 0.3 is 11.1 Å². The molecule has 0 atom stereocenters. The highest BCUT2D eigenvalue weighted by Crippen LogP contribution is 2.04. The van der Waals surface area contributed by atoms with Gasteiger partial charge in [0.1, 0.15) is 0 Å². The van der Waals surface area contributed by atoms with Crippen molar-refractivity contribution in [3.05, 3.63) is 30.3 Å². The Hall–Kier alpha value is -1.35. The zero-order chi connectivity index (χ0) is 8.97. The Labute approximate surface area is 74.3 Å². The molecule has 1 N–H and O–H groups in total. The van der Waals surface area contributed by atoms with E-state index < -0.39 is 11.1 Å². The van der Waals surface area contributed by atoms with E-state index in [4.69, 9.17) is 11.6 Å². The van der Waals surface area contributed by atoms with Crippen molar-refractivity contribution in [2.24, 2.45) is 0 Å². The molecule has 0 fully saturated rings. The molecule has 1 aromatic carbocycles. The van der Waals surface area contributed by atoms with Gasteiger partial charge in [-0.2, -0.15) is 0 Å². The minimum Gasteiger partial charge on any atom is -0.318 e. The predicted octanol–water partition coefficient (Wildman–Crippen LogP) is 1.39. The van der Waals surface area contributed by atoms with Crippen molar-refractivity contribution in [3.8, 4) is 0 Å². The monoisotopic (exact) mass is 183 g/mol. The standard InChI is InChI=1S/C8H6ClNO2/c9-7(11)8(12)10-6-4-2-1-3-5-6/h1-5H,(H,10,12). The van der Waals surface area contributed by atoms with Crippen LogP contribution in [0.1, 0.15) is 0 Å². The van der Waals surface area contributed by atoms with E-state index in [-0.39, 0.29) is 0 Å². The van der Waals surface area contributed by atoms with Gasteiger partial charge in [0.2, 0.25) is 0 Å².